The van der Waals surface area contributed by atoms with Crippen LogP contribution >= 0.6 is 0 Å². The van der Waals surface area contributed by atoms with Gasteiger partial charge in [-0.1, -0.05) is 66.7 Å². The van der Waals surface area contributed by atoms with Crippen molar-refractivity contribution in [2.24, 2.45) is 0 Å². The monoisotopic (exact) mass is 352 g/mol. The van der Waals surface area contributed by atoms with Crippen molar-refractivity contribution < 1.29 is 0 Å². The molecule has 0 aliphatic carbocycles. The van der Waals surface area contributed by atoms with E-state index in [4.69, 9.17) is 9.97 Å². The van der Waals surface area contributed by atoms with Crippen molar-refractivity contribution in [1.82, 2.24) is 15.0 Å². The summed E-state index contributed by atoms with van der Waals surface area (Å²) in [6, 6.07) is 28.3. The average Bonchev–Trinajstić information content (AvgIpc) is 2.75. The van der Waals surface area contributed by atoms with E-state index in [1.807, 2.05) is 67.7 Å². The zero-order chi connectivity index (χ0) is 18.5. The molecule has 0 radical (unpaired) electrons. The SMILES string of the molecule is CN(Cc1ccccc1)c1cc(-c2ccccn2)nc(-c2ccccc2)n1. The van der Waals surface area contributed by atoms with Crippen molar-refractivity contribution in [2.45, 2.75) is 6.54 Å². The summed E-state index contributed by atoms with van der Waals surface area (Å²) in [5, 5.41) is 0. The Balaban J connectivity index is 1.76. The first kappa shape index (κ1) is 16.9. The number of rotatable bonds is 5. The number of benzene rings is 2. The van der Waals surface area contributed by atoms with Gasteiger partial charge in [0.15, 0.2) is 5.82 Å². The molecule has 2 aromatic heterocycles. The molecular formula is C23H20N4. The molecule has 0 saturated heterocycles. The number of anilines is 1. The van der Waals surface area contributed by atoms with Gasteiger partial charge in [-0.15, -0.1) is 0 Å². The van der Waals surface area contributed by atoms with Crippen LogP contribution in [0.4, 0.5) is 5.82 Å². The second-order valence-corrected chi connectivity index (χ2v) is 6.36. The summed E-state index contributed by atoms with van der Waals surface area (Å²) in [7, 11) is 2.05. The third-order valence-corrected chi connectivity index (χ3v) is 4.33. The number of pyridine rings is 1. The fourth-order valence-corrected chi connectivity index (χ4v) is 2.93. The normalized spacial score (nSPS) is 10.6. The van der Waals surface area contributed by atoms with Crippen LogP contribution in [0.1, 0.15) is 5.56 Å². The molecule has 4 rings (SSSR count). The standard InChI is InChI=1S/C23H20N4/c1-27(17-18-10-4-2-5-11-18)22-16-21(20-14-8-9-15-24-20)25-23(26-22)19-12-6-3-7-13-19/h2-16H,17H2,1H3. The summed E-state index contributed by atoms with van der Waals surface area (Å²) in [5.41, 5.74) is 3.88. The van der Waals surface area contributed by atoms with Crippen LogP contribution in [0.2, 0.25) is 0 Å². The molecule has 4 aromatic rings. The first-order valence-corrected chi connectivity index (χ1v) is 8.90. The number of hydrogen-bond acceptors (Lipinski definition) is 4. The van der Waals surface area contributed by atoms with Gasteiger partial charge in [0.05, 0.1) is 11.4 Å². The highest BCUT2D eigenvalue weighted by molar-refractivity contribution is 5.65. The molecule has 27 heavy (non-hydrogen) atoms. The average molecular weight is 352 g/mol. The van der Waals surface area contributed by atoms with Gasteiger partial charge in [0.2, 0.25) is 0 Å². The van der Waals surface area contributed by atoms with Gasteiger partial charge in [-0.05, 0) is 17.7 Å². The molecule has 0 aliphatic heterocycles. The molecule has 4 heteroatoms. The fourth-order valence-electron chi connectivity index (χ4n) is 2.93. The fraction of sp³-hybridized carbons (Fsp3) is 0.0870. The van der Waals surface area contributed by atoms with Gasteiger partial charge in [-0.2, -0.15) is 0 Å². The Labute approximate surface area is 159 Å². The molecule has 0 N–H and O–H groups in total. The summed E-state index contributed by atoms with van der Waals surface area (Å²) >= 11 is 0. The highest BCUT2D eigenvalue weighted by Gasteiger charge is 2.12. The van der Waals surface area contributed by atoms with E-state index in [0.717, 1.165) is 29.3 Å². The van der Waals surface area contributed by atoms with Crippen molar-refractivity contribution in [3.8, 4) is 22.8 Å². The molecule has 0 aliphatic rings. The second kappa shape index (κ2) is 7.79. The van der Waals surface area contributed by atoms with Gasteiger partial charge in [0.25, 0.3) is 0 Å². The quantitative estimate of drug-likeness (QED) is 0.515. The summed E-state index contributed by atoms with van der Waals surface area (Å²) in [4.78, 5) is 16.2. The van der Waals surface area contributed by atoms with Gasteiger partial charge >= 0.3 is 0 Å². The van der Waals surface area contributed by atoms with Crippen molar-refractivity contribution in [3.63, 3.8) is 0 Å². The Morgan fingerprint density at radius 1 is 0.741 bits per heavy atom. The smallest absolute Gasteiger partial charge is 0.162 e. The van der Waals surface area contributed by atoms with E-state index < -0.39 is 0 Å². The van der Waals surface area contributed by atoms with Gasteiger partial charge in [0.1, 0.15) is 5.82 Å². The van der Waals surface area contributed by atoms with Crippen LogP contribution in [-0.4, -0.2) is 22.0 Å². The lowest BCUT2D eigenvalue weighted by Crippen LogP contribution is -2.18. The minimum absolute atomic E-state index is 0.702. The van der Waals surface area contributed by atoms with E-state index in [2.05, 4.69) is 34.1 Å². The Morgan fingerprint density at radius 2 is 1.44 bits per heavy atom. The number of aromatic nitrogens is 3. The van der Waals surface area contributed by atoms with Crippen molar-refractivity contribution >= 4 is 5.82 Å². The molecule has 0 fully saturated rings. The van der Waals surface area contributed by atoms with Gasteiger partial charge in [-0.3, -0.25) is 4.98 Å². The minimum atomic E-state index is 0.702. The highest BCUT2D eigenvalue weighted by Crippen LogP contribution is 2.25. The third-order valence-electron chi connectivity index (χ3n) is 4.33. The molecule has 0 bridgehead atoms. The van der Waals surface area contributed by atoms with Crippen LogP contribution in [0.25, 0.3) is 22.8 Å². The van der Waals surface area contributed by atoms with Crippen molar-refractivity contribution in [1.29, 1.82) is 0 Å². The zero-order valence-electron chi connectivity index (χ0n) is 15.2. The van der Waals surface area contributed by atoms with E-state index in [1.54, 1.807) is 6.20 Å². The predicted octanol–water partition coefficient (Wildman–Crippen LogP) is 4.84. The van der Waals surface area contributed by atoms with Crippen molar-refractivity contribution in [3.05, 3.63) is 96.7 Å². The maximum Gasteiger partial charge on any atom is 0.162 e. The number of hydrogen-bond donors (Lipinski definition) is 0. The Bertz CT molecular complexity index is 944. The van der Waals surface area contributed by atoms with Crippen LogP contribution in [-0.2, 0) is 6.54 Å². The molecular weight excluding hydrogens is 332 g/mol. The van der Waals surface area contributed by atoms with E-state index >= 15 is 0 Å². The summed E-state index contributed by atoms with van der Waals surface area (Å²) in [6.45, 7) is 0.772. The molecule has 0 unspecified atom stereocenters. The molecule has 4 nitrogen and oxygen atoms in total. The molecule has 0 saturated carbocycles. The molecule has 132 valence electrons. The van der Waals surface area contributed by atoms with Gasteiger partial charge in [-0.25, -0.2) is 9.97 Å². The molecule has 2 aromatic carbocycles. The van der Waals surface area contributed by atoms with Gasteiger partial charge in [0, 0.05) is 31.4 Å². The van der Waals surface area contributed by atoms with E-state index in [0.29, 0.717) is 5.82 Å². The second-order valence-electron chi connectivity index (χ2n) is 6.36. The molecule has 0 atom stereocenters. The van der Waals surface area contributed by atoms with Crippen LogP contribution in [0.15, 0.2) is 91.1 Å². The highest BCUT2D eigenvalue weighted by atomic mass is 15.2. The molecule has 2 heterocycles. The lowest BCUT2D eigenvalue weighted by molar-refractivity contribution is 0.893. The molecule has 0 spiro atoms. The van der Waals surface area contributed by atoms with Crippen LogP contribution in [0.5, 0.6) is 0 Å². The lowest BCUT2D eigenvalue weighted by atomic mass is 10.2. The lowest BCUT2D eigenvalue weighted by Gasteiger charge is -2.20. The Morgan fingerprint density at radius 3 is 2.15 bits per heavy atom. The first-order chi connectivity index (χ1) is 13.3. The van der Waals surface area contributed by atoms with Crippen LogP contribution in [0.3, 0.4) is 0 Å². The Kier molecular flexibility index (Phi) is 4.88. The summed E-state index contributed by atoms with van der Waals surface area (Å²) in [5.74, 6) is 1.57. The largest absolute Gasteiger partial charge is 0.355 e. The van der Waals surface area contributed by atoms with E-state index in [1.165, 1.54) is 5.56 Å². The summed E-state index contributed by atoms with van der Waals surface area (Å²) < 4.78 is 0. The van der Waals surface area contributed by atoms with Crippen LogP contribution < -0.4 is 4.90 Å². The Hall–Kier alpha value is -3.53. The topological polar surface area (TPSA) is 41.9 Å². The summed E-state index contributed by atoms with van der Waals surface area (Å²) in [6.07, 6.45) is 1.78. The molecule has 0 amide bonds. The van der Waals surface area contributed by atoms with Gasteiger partial charge < -0.3 is 4.90 Å². The predicted molar refractivity (Wildman–Crippen MR) is 109 cm³/mol. The van der Waals surface area contributed by atoms with E-state index in [-0.39, 0.29) is 0 Å². The maximum atomic E-state index is 4.81. The maximum absolute atomic E-state index is 4.81. The zero-order valence-corrected chi connectivity index (χ0v) is 15.2. The number of nitrogens with zero attached hydrogens (tertiary/aromatic N) is 4. The minimum Gasteiger partial charge on any atom is -0.355 e. The third kappa shape index (κ3) is 4.01. The first-order valence-electron chi connectivity index (χ1n) is 8.90. The van der Waals surface area contributed by atoms with E-state index in [9.17, 15) is 0 Å². The van der Waals surface area contributed by atoms with Crippen molar-refractivity contribution in [2.75, 3.05) is 11.9 Å². The van der Waals surface area contributed by atoms with Crippen LogP contribution in [0, 0.1) is 0 Å².